The monoisotopic (exact) mass is 713 g/mol. The van der Waals surface area contributed by atoms with Crippen LogP contribution in [0.3, 0.4) is 0 Å². The third-order valence-corrected chi connectivity index (χ3v) is 7.90. The van der Waals surface area contributed by atoms with Gasteiger partial charge in [-0.05, 0) is 35.0 Å². The number of carbonyl (C=O) groups excluding carboxylic acids is 1. The predicted molar refractivity (Wildman–Crippen MR) is 144 cm³/mol. The van der Waals surface area contributed by atoms with E-state index in [9.17, 15) is 46.1 Å². The Kier molecular flexibility index (Phi) is 14.5. The van der Waals surface area contributed by atoms with Crippen LogP contribution in [-0.2, 0) is 25.0 Å². The van der Waals surface area contributed by atoms with E-state index in [1.54, 1.807) is 4.90 Å². The summed E-state index contributed by atoms with van der Waals surface area (Å²) in [5.41, 5.74) is -2.17. The van der Waals surface area contributed by atoms with Gasteiger partial charge in [-0.2, -0.15) is 21.8 Å². The molecule has 0 amide bonds. The van der Waals surface area contributed by atoms with Gasteiger partial charge >= 0.3 is 88.7 Å². The molecule has 18 nitrogen and oxygen atoms in total. The first-order valence-electron chi connectivity index (χ1n) is 12.2. The van der Waals surface area contributed by atoms with Gasteiger partial charge in [0.2, 0.25) is 11.9 Å². The molecule has 1 aliphatic heterocycles. The minimum absolute atomic E-state index is 0. The Labute approximate surface area is 333 Å². The smallest absolute Gasteiger partial charge is 0.870 e. The van der Waals surface area contributed by atoms with Crippen molar-refractivity contribution < 1.29 is 139 Å². The molecule has 0 atom stereocenters. The summed E-state index contributed by atoms with van der Waals surface area (Å²) in [6, 6.07) is 6.29. The average Bonchev–Trinajstić information content (AvgIpc) is 2.95. The minimum atomic E-state index is -5.23. The van der Waals surface area contributed by atoms with E-state index in [1.807, 2.05) is 0 Å². The third kappa shape index (κ3) is 9.57. The Bertz CT molecular complexity index is 2070. The largest absolute Gasteiger partial charge is 1.00 e. The van der Waals surface area contributed by atoms with E-state index < -0.39 is 81.4 Å². The molecule has 0 unspecified atom stereocenters. The van der Waals surface area contributed by atoms with E-state index in [0.717, 1.165) is 18.2 Å². The van der Waals surface area contributed by atoms with Crippen molar-refractivity contribution in [3.63, 3.8) is 0 Å². The topological polar surface area (TPSA) is 283 Å². The Hall–Kier alpha value is -2.02. The molecule has 4 aromatic rings. The summed E-state index contributed by atoms with van der Waals surface area (Å²) in [7, 11) is -10.2. The van der Waals surface area contributed by atoms with Crippen molar-refractivity contribution in [1.82, 2.24) is 15.0 Å². The molecule has 5 rings (SSSR count). The molecule has 0 spiro atoms. The van der Waals surface area contributed by atoms with Gasteiger partial charge in [-0.15, -0.1) is 10.2 Å². The van der Waals surface area contributed by atoms with Crippen LogP contribution in [0.2, 0.25) is 0 Å². The van der Waals surface area contributed by atoms with Crippen molar-refractivity contribution in [3.8, 4) is 11.8 Å². The van der Waals surface area contributed by atoms with E-state index >= 15 is 0 Å². The number of azo groups is 1. The standard InChI is InChI=1S/C24H21N7O11S2.3Na/c32-20-18-12(10-17(44(39,40)41)19(20)30-29-15-4-2-1-3-14(15)21(33)34)9-13(43(36,37)38)11-16(18)25-22-26-23(28-24(35)27-22)31-5-7-42-8-6-31;;;/h1-4,9-11,32H,5-8H2,(H,33,34)(H,36,37,38)(H,39,40,41)(H2,25,26,27,28,35);;;/q;3*+1/p-3. The van der Waals surface area contributed by atoms with Crippen LogP contribution < -0.4 is 114 Å². The number of rotatable bonds is 8. The van der Waals surface area contributed by atoms with Gasteiger partial charge in [0, 0.05) is 24.3 Å². The van der Waals surface area contributed by atoms with Crippen LogP contribution >= 0.6 is 0 Å². The second-order valence-electron chi connectivity index (χ2n) is 9.04. The first-order chi connectivity index (χ1) is 20.7. The van der Waals surface area contributed by atoms with Crippen LogP contribution in [0.1, 0.15) is 10.4 Å². The molecule has 0 saturated carbocycles. The van der Waals surface area contributed by atoms with Gasteiger partial charge in [0.1, 0.15) is 4.90 Å². The Morgan fingerprint density at radius 1 is 0.915 bits per heavy atom. The van der Waals surface area contributed by atoms with E-state index in [-0.39, 0.29) is 100 Å². The van der Waals surface area contributed by atoms with E-state index in [4.69, 9.17) is 4.74 Å². The second-order valence-corrected chi connectivity index (χ2v) is 11.9. The third-order valence-electron chi connectivity index (χ3n) is 6.21. The van der Waals surface area contributed by atoms with Crippen LogP contribution in [0.15, 0.2) is 62.5 Å². The Morgan fingerprint density at radius 2 is 1.57 bits per heavy atom. The fourth-order valence-corrected chi connectivity index (χ4v) is 5.44. The number of aromatic carboxylic acids is 1. The van der Waals surface area contributed by atoms with Crippen molar-refractivity contribution >= 4 is 65.9 Å². The number of aromatic nitrogens is 3. The Balaban J connectivity index is 0.00000256. The maximum Gasteiger partial charge on any atom is 1.00 e. The second kappa shape index (κ2) is 16.6. The summed E-state index contributed by atoms with van der Waals surface area (Å²) >= 11 is 0. The molecule has 2 heterocycles. The summed E-state index contributed by atoms with van der Waals surface area (Å²) in [5, 5.41) is 46.4. The quantitative estimate of drug-likeness (QED) is 0.0868. The molecule has 23 heteroatoms. The zero-order chi connectivity index (χ0) is 31.8. The summed E-state index contributed by atoms with van der Waals surface area (Å²) in [4.78, 5) is 22.7. The summed E-state index contributed by atoms with van der Waals surface area (Å²) in [6.45, 7) is 1.32. The molecule has 3 N–H and O–H groups in total. The number of carbonyl (C=O) groups is 1. The SMILES string of the molecule is O=C([O-])c1ccccc1N=Nc1c(S(=O)(=O)O)cc2cc(S(=O)(=O)O)cc(Nc3nc([O-])nc(N4CCOCC4)n3)c2c1[O-].[Na+].[Na+].[Na+]. The van der Waals surface area contributed by atoms with E-state index in [0.29, 0.717) is 32.4 Å². The number of morpholine rings is 1. The fraction of sp³-hybridized carbons (Fsp3) is 0.167. The summed E-state index contributed by atoms with van der Waals surface area (Å²) < 4.78 is 73.5. The van der Waals surface area contributed by atoms with Crippen molar-refractivity contribution in [2.45, 2.75) is 9.79 Å². The molecule has 1 aliphatic rings. The van der Waals surface area contributed by atoms with Gasteiger partial charge in [-0.25, -0.2) is 9.97 Å². The number of carboxylic acid groups (broad SMARTS) is 1. The zero-order valence-corrected chi connectivity index (χ0v) is 32.6. The van der Waals surface area contributed by atoms with Gasteiger partial charge in [-0.1, -0.05) is 23.9 Å². The molecule has 0 aliphatic carbocycles. The van der Waals surface area contributed by atoms with Crippen LogP contribution in [0.4, 0.5) is 29.0 Å². The average molecular weight is 714 g/mol. The van der Waals surface area contributed by atoms with Crippen molar-refractivity contribution in [2.75, 3.05) is 36.5 Å². The number of hydrogen-bond donors (Lipinski definition) is 3. The fourth-order valence-electron chi connectivity index (χ4n) is 4.25. The molecule has 1 aromatic heterocycles. The van der Waals surface area contributed by atoms with Crippen LogP contribution in [0, 0.1) is 0 Å². The van der Waals surface area contributed by atoms with Crippen molar-refractivity contribution in [1.29, 1.82) is 0 Å². The molecule has 1 fully saturated rings. The number of carboxylic acids is 1. The van der Waals surface area contributed by atoms with Gasteiger partial charge in [0.15, 0.2) is 0 Å². The van der Waals surface area contributed by atoms with Crippen molar-refractivity contribution in [2.24, 2.45) is 10.2 Å². The van der Waals surface area contributed by atoms with Gasteiger partial charge in [-0.3, -0.25) is 9.11 Å². The number of ether oxygens (including phenoxy) is 1. The first-order valence-corrected chi connectivity index (χ1v) is 15.1. The molecule has 230 valence electrons. The molecular formula is C24H18N7Na3O11S2. The van der Waals surface area contributed by atoms with Crippen LogP contribution in [-0.4, -0.2) is 73.2 Å². The van der Waals surface area contributed by atoms with Gasteiger partial charge in [0.05, 0.1) is 41.5 Å². The molecule has 0 radical (unpaired) electrons. The first kappa shape index (κ1) is 41.2. The van der Waals surface area contributed by atoms with Crippen molar-refractivity contribution in [3.05, 3.63) is 48.0 Å². The molecular weight excluding hydrogens is 695 g/mol. The number of hydrogen-bond acceptors (Lipinski definition) is 16. The number of nitrogens with one attached hydrogen (secondary N) is 1. The molecule has 47 heavy (non-hydrogen) atoms. The van der Waals surface area contributed by atoms with E-state index in [2.05, 4.69) is 30.5 Å². The number of anilines is 3. The molecule has 0 bridgehead atoms. The number of benzene rings is 3. The number of fused-ring (bicyclic) bond motifs is 1. The van der Waals surface area contributed by atoms with Gasteiger partial charge in [0.25, 0.3) is 20.2 Å². The predicted octanol–water partition coefficient (Wildman–Crippen LogP) is -8.96. The molecule has 1 saturated heterocycles. The Morgan fingerprint density at radius 3 is 2.19 bits per heavy atom. The summed E-state index contributed by atoms with van der Waals surface area (Å²) in [6.07, 6.45) is 0. The van der Waals surface area contributed by atoms with Crippen LogP contribution in [0.25, 0.3) is 10.8 Å². The molecule has 3 aromatic carbocycles. The maximum absolute atomic E-state index is 13.7. The maximum atomic E-state index is 13.7. The minimum Gasteiger partial charge on any atom is -0.870 e. The van der Waals surface area contributed by atoms with Gasteiger partial charge < -0.3 is 35.1 Å². The normalized spacial score (nSPS) is 13.4. The zero-order valence-electron chi connectivity index (χ0n) is 24.9. The van der Waals surface area contributed by atoms with Crippen LogP contribution in [0.5, 0.6) is 11.8 Å². The number of nitrogens with zero attached hydrogens (tertiary/aromatic N) is 6. The van der Waals surface area contributed by atoms with E-state index in [1.165, 1.54) is 18.2 Å². The summed E-state index contributed by atoms with van der Waals surface area (Å²) in [5.74, 6) is -3.38.